The number of quaternary nitrogens is 1. The minimum Gasteiger partial charge on any atom is -0.421 e. The number of aryl methyl sites for hydroxylation is 2. The summed E-state index contributed by atoms with van der Waals surface area (Å²) in [5, 5.41) is 0. The first-order valence-electron chi connectivity index (χ1n) is 13.0. The molecular weight excluding hydrogens is 621 g/mol. The Hall–Kier alpha value is -2.92. The van der Waals surface area contributed by atoms with E-state index in [-0.39, 0.29) is 7.05 Å². The summed E-state index contributed by atoms with van der Waals surface area (Å²) in [6, 6.07) is 29.0. The Bertz CT molecular complexity index is 1570. The van der Waals surface area contributed by atoms with E-state index in [1.165, 1.54) is 47.1 Å². The molecule has 3 aromatic carbocycles. The maximum atomic E-state index is 11.4. The fraction of sp³-hybridized carbons (Fsp3) is 0.333. The monoisotopic (exact) mass is 648 g/mol. The first-order chi connectivity index (χ1) is 19.9. The van der Waals surface area contributed by atoms with Gasteiger partial charge < -0.3 is 13.6 Å². The number of sulfonamides is 2. The third-order valence-electron chi connectivity index (χ3n) is 7.43. The molecule has 2 aliphatic rings. The maximum Gasteiger partial charge on any atom is 0.611 e. The Kier molecular flexibility index (Phi) is 9.11. The number of nitrogens with zero attached hydrogens (tertiary/aromatic N) is 1. The van der Waals surface area contributed by atoms with Crippen molar-refractivity contribution in [1.82, 2.24) is 0 Å². The van der Waals surface area contributed by atoms with E-state index in [1.54, 1.807) is 4.81 Å². The highest BCUT2D eigenvalue weighted by atomic mass is 32.3. The second kappa shape index (κ2) is 11.9. The lowest BCUT2D eigenvalue weighted by molar-refractivity contribution is -0.799. The van der Waals surface area contributed by atoms with Gasteiger partial charge in [-0.05, 0) is 30.5 Å². The summed E-state index contributed by atoms with van der Waals surface area (Å²) in [7, 11) is -13.4. The number of hydrogen-bond acceptors (Lipinski definition) is 5. The van der Waals surface area contributed by atoms with Crippen molar-refractivity contribution in [3.63, 3.8) is 0 Å². The van der Waals surface area contributed by atoms with Crippen LogP contribution in [0.2, 0.25) is 0 Å². The molecule has 3 aromatic rings. The summed E-state index contributed by atoms with van der Waals surface area (Å²) in [6.07, 6.45) is 2.45. The van der Waals surface area contributed by atoms with E-state index in [0.29, 0.717) is 6.04 Å². The molecule has 2 saturated heterocycles. The second-order valence-corrected chi connectivity index (χ2v) is 13.7. The van der Waals surface area contributed by atoms with Crippen molar-refractivity contribution in [3.05, 3.63) is 105 Å². The molecule has 2 aliphatic heterocycles. The highest BCUT2D eigenvalue weighted by Crippen LogP contribution is 2.42. The minimum atomic E-state index is -6.72. The molecule has 1 unspecified atom stereocenters. The largest absolute Gasteiger partial charge is 0.611 e. The third kappa shape index (κ3) is 6.48. The van der Waals surface area contributed by atoms with Gasteiger partial charge in [-0.2, -0.15) is 26.3 Å². The van der Waals surface area contributed by atoms with Gasteiger partial charge in [0.05, 0.1) is 6.54 Å². The number of hydrogen-bond donors (Lipinski definition) is 1. The Balaban J connectivity index is 0.000000242. The van der Waals surface area contributed by atoms with Crippen molar-refractivity contribution in [2.45, 2.75) is 49.3 Å². The van der Waals surface area contributed by atoms with Gasteiger partial charge in [0.15, 0.2) is 25.6 Å². The van der Waals surface area contributed by atoms with Crippen LogP contribution >= 0.6 is 0 Å². The van der Waals surface area contributed by atoms with Crippen LogP contribution in [0, 0.1) is 13.8 Å². The number of nitrogens with one attached hydrogen (secondary N) is 1. The smallest absolute Gasteiger partial charge is 0.421 e. The first kappa shape index (κ1) is 33.0. The van der Waals surface area contributed by atoms with E-state index < -0.39 is 36.7 Å². The Morgan fingerprint density at radius 1 is 0.814 bits per heavy atom. The zero-order valence-electron chi connectivity index (χ0n) is 22.9. The van der Waals surface area contributed by atoms with Gasteiger partial charge in [0.2, 0.25) is 0 Å². The topological polar surface area (TPSA) is 96.1 Å². The molecule has 1 N–H and O–H groups in total. The highest BCUT2D eigenvalue weighted by molar-refractivity contribution is 8.13. The summed E-state index contributed by atoms with van der Waals surface area (Å²) in [4.78, 5) is 1.58. The summed E-state index contributed by atoms with van der Waals surface area (Å²) < 4.78 is 116. The zero-order chi connectivity index (χ0) is 31.8. The predicted molar refractivity (Wildman–Crippen MR) is 148 cm³/mol. The van der Waals surface area contributed by atoms with E-state index in [9.17, 15) is 43.2 Å². The van der Waals surface area contributed by atoms with E-state index >= 15 is 0 Å². The lowest BCUT2D eigenvalue weighted by atomic mass is 9.69. The predicted octanol–water partition coefficient (Wildman–Crippen LogP) is 4.08. The molecule has 43 heavy (non-hydrogen) atoms. The molecule has 5 rings (SSSR count). The molecule has 0 radical (unpaired) electrons. The standard InChI is InChI=1S/C25H26BNO.C2F6NO4S2/c1-19-15-16-23(20(2)18-19)26-27-17-9-14-24(27)25(28-26,21-10-5-3-6-11-21)22-12-7-4-8-13-22;3-1(4,5)14(10,11)9-15(12,13)2(6,7)8/h3-8,10-13,15-16,18,24H,9,14,17H2,1-2H3;/q;-1/p+1/t24-;/m0./s1. The van der Waals surface area contributed by atoms with Crippen LogP contribution < -0.4 is 10.3 Å². The lowest BCUT2D eigenvalue weighted by Crippen LogP contribution is -3.19. The van der Waals surface area contributed by atoms with Crippen molar-refractivity contribution in [2.24, 2.45) is 0 Å². The molecule has 0 spiro atoms. The number of benzene rings is 3. The van der Waals surface area contributed by atoms with E-state index in [1.807, 2.05) is 0 Å². The molecule has 232 valence electrons. The second-order valence-electron chi connectivity index (χ2n) is 10.3. The van der Waals surface area contributed by atoms with Crippen molar-refractivity contribution >= 4 is 32.6 Å². The van der Waals surface area contributed by atoms with Crippen molar-refractivity contribution < 1.29 is 52.6 Å². The van der Waals surface area contributed by atoms with Gasteiger partial charge in [-0.3, -0.25) is 0 Å². The number of alkyl halides is 6. The van der Waals surface area contributed by atoms with Gasteiger partial charge in [0, 0.05) is 18.3 Å². The highest BCUT2D eigenvalue weighted by Gasteiger charge is 2.64. The molecule has 2 fully saturated rings. The Morgan fingerprint density at radius 3 is 1.74 bits per heavy atom. The molecule has 0 aromatic heterocycles. The molecule has 0 saturated carbocycles. The fourth-order valence-corrected chi connectivity index (χ4v) is 7.37. The normalized spacial score (nSPS) is 20.3. The molecular formula is C27H27BF6N2O5S2. The summed E-state index contributed by atoms with van der Waals surface area (Å²) >= 11 is 0. The molecule has 2 atom stereocenters. The van der Waals surface area contributed by atoms with Crippen LogP contribution in [0.5, 0.6) is 0 Å². The third-order valence-corrected chi connectivity index (χ3v) is 10.2. The van der Waals surface area contributed by atoms with Crippen LogP contribution in [0.4, 0.5) is 26.3 Å². The average Bonchev–Trinajstić information content (AvgIpc) is 3.51. The fourth-order valence-electron chi connectivity index (χ4n) is 5.67. The number of rotatable bonds is 5. The van der Waals surface area contributed by atoms with E-state index in [2.05, 4.69) is 92.7 Å². The Labute approximate surface area is 246 Å². The summed E-state index contributed by atoms with van der Waals surface area (Å²) in [5.41, 5.74) is -6.27. The average molecular weight is 648 g/mol. The molecule has 2 heterocycles. The maximum absolute atomic E-state index is 11.4. The quantitative estimate of drug-likeness (QED) is 0.333. The van der Waals surface area contributed by atoms with Crippen LogP contribution in [0.3, 0.4) is 0 Å². The molecule has 0 amide bonds. The van der Waals surface area contributed by atoms with Gasteiger partial charge >= 0.3 is 18.1 Å². The van der Waals surface area contributed by atoms with Gasteiger partial charge in [-0.1, -0.05) is 84.4 Å². The zero-order valence-corrected chi connectivity index (χ0v) is 24.5. The van der Waals surface area contributed by atoms with Crippen LogP contribution in [0.1, 0.15) is 35.1 Å². The van der Waals surface area contributed by atoms with Crippen LogP contribution in [-0.2, 0) is 30.3 Å². The van der Waals surface area contributed by atoms with Gasteiger partial charge in [-0.15, -0.1) is 0 Å². The molecule has 0 aliphatic carbocycles. The Morgan fingerprint density at radius 2 is 1.30 bits per heavy atom. The SMILES string of the molecule is Cc1ccc(B2OC(c3ccccc3)(c3ccccc3)[C@@H]3CCC[NH+]23)c(C)c1.O=S(=O)([N-]S(=O)(=O)C(F)(F)F)C(F)(F)F. The minimum absolute atomic E-state index is 0.0773. The molecule has 16 heteroatoms. The summed E-state index contributed by atoms with van der Waals surface area (Å²) in [6.45, 7) is 5.56. The van der Waals surface area contributed by atoms with Crippen molar-refractivity contribution in [3.8, 4) is 0 Å². The van der Waals surface area contributed by atoms with E-state index in [0.717, 1.165) is 4.13 Å². The van der Waals surface area contributed by atoms with Crippen molar-refractivity contribution in [2.75, 3.05) is 6.54 Å². The number of fused-ring (bicyclic) bond motifs is 1. The first-order valence-corrected chi connectivity index (χ1v) is 15.9. The molecule has 0 bridgehead atoms. The van der Waals surface area contributed by atoms with Gasteiger partial charge in [0.25, 0.3) is 0 Å². The molecule has 7 nitrogen and oxygen atoms in total. The number of halogens is 6. The van der Waals surface area contributed by atoms with E-state index in [4.69, 9.17) is 4.65 Å². The van der Waals surface area contributed by atoms with Gasteiger partial charge in [0.1, 0.15) is 6.04 Å². The van der Waals surface area contributed by atoms with Gasteiger partial charge in [-0.25, -0.2) is 16.8 Å². The van der Waals surface area contributed by atoms with Crippen molar-refractivity contribution in [1.29, 1.82) is 0 Å². The van der Waals surface area contributed by atoms with Crippen LogP contribution in [0.25, 0.3) is 4.13 Å². The van der Waals surface area contributed by atoms with Crippen LogP contribution in [0.15, 0.2) is 78.9 Å². The van der Waals surface area contributed by atoms with Crippen LogP contribution in [-0.4, -0.2) is 47.5 Å². The summed E-state index contributed by atoms with van der Waals surface area (Å²) in [5.74, 6) is 0. The lowest BCUT2D eigenvalue weighted by Gasteiger charge is -2.33.